The first-order valence-corrected chi connectivity index (χ1v) is 10.9. The van der Waals surface area contributed by atoms with Crippen molar-refractivity contribution in [1.82, 2.24) is 14.8 Å². The maximum absolute atomic E-state index is 12.5. The van der Waals surface area contributed by atoms with E-state index in [1.165, 1.54) is 23.9 Å². The molecule has 0 radical (unpaired) electrons. The minimum Gasteiger partial charge on any atom is -0.508 e. The second-order valence-electron chi connectivity index (χ2n) is 6.20. The van der Waals surface area contributed by atoms with Gasteiger partial charge in [0.1, 0.15) is 11.6 Å². The van der Waals surface area contributed by atoms with Crippen LogP contribution < -0.4 is 5.32 Å². The van der Waals surface area contributed by atoms with Crippen molar-refractivity contribution < 1.29 is 9.90 Å². The third-order valence-electron chi connectivity index (χ3n) is 4.00. The Morgan fingerprint density at radius 3 is 2.62 bits per heavy atom. The fourth-order valence-electron chi connectivity index (χ4n) is 2.49. The summed E-state index contributed by atoms with van der Waals surface area (Å²) < 4.78 is 1.98. The van der Waals surface area contributed by atoms with Gasteiger partial charge in [-0.2, -0.15) is 0 Å². The molecule has 3 aromatic rings. The van der Waals surface area contributed by atoms with Gasteiger partial charge in [-0.05, 0) is 43.3 Å². The lowest BCUT2D eigenvalue weighted by Gasteiger charge is -2.13. The van der Waals surface area contributed by atoms with Crippen LogP contribution in [0.3, 0.4) is 0 Å². The molecule has 150 valence electrons. The Morgan fingerprint density at radius 2 is 1.93 bits per heavy atom. The summed E-state index contributed by atoms with van der Waals surface area (Å²) >= 11 is 3.04. The molecule has 6 nitrogen and oxygen atoms in total. The summed E-state index contributed by atoms with van der Waals surface area (Å²) in [6, 6.07) is 16.5. The minimum absolute atomic E-state index is 0.144. The summed E-state index contributed by atoms with van der Waals surface area (Å²) in [4.78, 5) is 13.7. The van der Waals surface area contributed by atoms with E-state index in [9.17, 15) is 9.90 Å². The Hall–Kier alpha value is -2.71. The topological polar surface area (TPSA) is 80.0 Å². The summed E-state index contributed by atoms with van der Waals surface area (Å²) in [6.45, 7) is 6.22. The zero-order valence-electron chi connectivity index (χ0n) is 16.0. The molecular formula is C21H22N4O2S2. The van der Waals surface area contributed by atoms with Crippen LogP contribution in [0.2, 0.25) is 0 Å². The minimum atomic E-state index is -0.369. The van der Waals surface area contributed by atoms with Crippen molar-refractivity contribution in [3.63, 3.8) is 0 Å². The van der Waals surface area contributed by atoms with Gasteiger partial charge in [0.15, 0.2) is 5.16 Å². The zero-order chi connectivity index (χ0) is 20.6. The van der Waals surface area contributed by atoms with Gasteiger partial charge in [-0.1, -0.05) is 36.0 Å². The highest BCUT2D eigenvalue weighted by Gasteiger charge is 2.20. The molecule has 0 saturated heterocycles. The monoisotopic (exact) mass is 426 g/mol. The summed E-state index contributed by atoms with van der Waals surface area (Å²) in [7, 11) is 0. The van der Waals surface area contributed by atoms with E-state index in [0.29, 0.717) is 23.1 Å². The third kappa shape index (κ3) is 5.88. The van der Waals surface area contributed by atoms with Gasteiger partial charge < -0.3 is 15.0 Å². The molecule has 1 unspecified atom stereocenters. The highest BCUT2D eigenvalue weighted by Crippen LogP contribution is 2.27. The Bertz CT molecular complexity index is 959. The molecule has 1 aromatic heterocycles. The highest BCUT2D eigenvalue weighted by atomic mass is 32.2. The van der Waals surface area contributed by atoms with Gasteiger partial charge in [-0.15, -0.1) is 28.5 Å². The van der Waals surface area contributed by atoms with E-state index >= 15 is 0 Å². The van der Waals surface area contributed by atoms with Gasteiger partial charge >= 0.3 is 0 Å². The fraction of sp³-hybridized carbons (Fsp3) is 0.190. The summed E-state index contributed by atoms with van der Waals surface area (Å²) in [6.07, 6.45) is 1.80. The first-order chi connectivity index (χ1) is 14.1. The quantitative estimate of drug-likeness (QED) is 0.296. The first-order valence-electron chi connectivity index (χ1n) is 9.04. The largest absolute Gasteiger partial charge is 0.508 e. The van der Waals surface area contributed by atoms with E-state index in [2.05, 4.69) is 34.2 Å². The van der Waals surface area contributed by atoms with Crippen molar-refractivity contribution >= 4 is 35.1 Å². The molecule has 0 saturated carbocycles. The maximum Gasteiger partial charge on any atom is 0.237 e. The van der Waals surface area contributed by atoms with Crippen LogP contribution in [0.1, 0.15) is 12.7 Å². The lowest BCUT2D eigenvalue weighted by molar-refractivity contribution is -0.115. The molecule has 0 aliphatic rings. The number of amides is 1. The van der Waals surface area contributed by atoms with Crippen LogP contribution in [0.25, 0.3) is 0 Å². The maximum atomic E-state index is 12.5. The lowest BCUT2D eigenvalue weighted by atomic mass is 10.3. The molecule has 2 aromatic carbocycles. The van der Waals surface area contributed by atoms with Crippen LogP contribution in [0, 0.1) is 0 Å². The molecule has 3 rings (SSSR count). The Balaban J connectivity index is 1.65. The van der Waals surface area contributed by atoms with E-state index in [0.717, 1.165) is 10.7 Å². The molecule has 1 atom stereocenters. The van der Waals surface area contributed by atoms with Gasteiger partial charge in [0.05, 0.1) is 11.0 Å². The number of hydrogen-bond donors (Lipinski definition) is 2. The summed E-state index contributed by atoms with van der Waals surface area (Å²) in [5, 5.41) is 21.1. The van der Waals surface area contributed by atoms with E-state index in [1.54, 1.807) is 30.0 Å². The molecule has 0 fully saturated rings. The number of carbonyl (C=O) groups is 1. The number of thioether (sulfide) groups is 2. The number of carbonyl (C=O) groups excluding carboxylic acids is 1. The second kappa shape index (κ2) is 10.2. The molecule has 8 heteroatoms. The lowest BCUT2D eigenvalue weighted by Crippen LogP contribution is -2.23. The predicted molar refractivity (Wildman–Crippen MR) is 118 cm³/mol. The number of nitrogens with zero attached hydrogens (tertiary/aromatic N) is 3. The normalized spacial score (nSPS) is 11.8. The number of nitrogens with one attached hydrogen (secondary N) is 1. The van der Waals surface area contributed by atoms with Gasteiger partial charge in [-0.3, -0.25) is 4.79 Å². The highest BCUT2D eigenvalue weighted by molar-refractivity contribution is 8.00. The number of phenols is 1. The van der Waals surface area contributed by atoms with Crippen molar-refractivity contribution in [1.29, 1.82) is 0 Å². The number of benzene rings is 2. The predicted octanol–water partition coefficient (Wildman–Crippen LogP) is 4.58. The summed E-state index contributed by atoms with van der Waals surface area (Å²) in [5.41, 5.74) is 0.632. The van der Waals surface area contributed by atoms with Crippen LogP contribution in [-0.2, 0) is 17.1 Å². The van der Waals surface area contributed by atoms with Crippen LogP contribution in [-0.4, -0.2) is 31.0 Å². The van der Waals surface area contributed by atoms with E-state index in [4.69, 9.17) is 0 Å². The average Bonchev–Trinajstić information content (AvgIpc) is 3.10. The SMILES string of the molecule is C=CCn1c(CSc2ccccc2)nnc1SC(C)C(=O)Nc1ccc(O)cc1. The number of allylic oxidation sites excluding steroid dienone is 1. The fourth-order valence-corrected chi connectivity index (χ4v) is 4.23. The van der Waals surface area contributed by atoms with Gasteiger partial charge in [0.25, 0.3) is 0 Å². The molecule has 0 aliphatic carbocycles. The van der Waals surface area contributed by atoms with Gasteiger partial charge in [0.2, 0.25) is 5.91 Å². The third-order valence-corrected chi connectivity index (χ3v) is 6.09. The van der Waals surface area contributed by atoms with Crippen LogP contribution in [0.4, 0.5) is 5.69 Å². The van der Waals surface area contributed by atoms with Crippen molar-refractivity contribution in [2.24, 2.45) is 0 Å². The number of hydrogen-bond acceptors (Lipinski definition) is 6. The van der Waals surface area contributed by atoms with Crippen LogP contribution in [0.5, 0.6) is 5.75 Å². The van der Waals surface area contributed by atoms with Crippen molar-refractivity contribution in [3.8, 4) is 5.75 Å². The number of aromatic hydroxyl groups is 1. The van der Waals surface area contributed by atoms with Crippen molar-refractivity contribution in [2.45, 2.75) is 34.5 Å². The van der Waals surface area contributed by atoms with Gasteiger partial charge in [0, 0.05) is 17.1 Å². The Kier molecular flexibility index (Phi) is 7.37. The standard InChI is InChI=1S/C21H22N4O2S2/c1-3-13-25-19(14-28-18-7-5-4-6-8-18)23-24-21(25)29-15(2)20(27)22-16-9-11-17(26)12-10-16/h3-12,15,26H,1,13-14H2,2H3,(H,22,27). The van der Waals surface area contributed by atoms with Crippen molar-refractivity contribution in [3.05, 3.63) is 73.1 Å². The molecule has 0 spiro atoms. The molecule has 0 bridgehead atoms. The first kappa shape index (κ1) is 21.0. The zero-order valence-corrected chi connectivity index (χ0v) is 17.6. The smallest absolute Gasteiger partial charge is 0.237 e. The van der Waals surface area contributed by atoms with Crippen molar-refractivity contribution in [2.75, 3.05) is 5.32 Å². The number of phenolic OH excluding ortho intramolecular Hbond substituents is 1. The molecular weight excluding hydrogens is 404 g/mol. The number of rotatable bonds is 9. The molecule has 0 aliphatic heterocycles. The average molecular weight is 427 g/mol. The Labute approximate surface area is 178 Å². The van der Waals surface area contributed by atoms with Crippen LogP contribution >= 0.6 is 23.5 Å². The van der Waals surface area contributed by atoms with Crippen LogP contribution in [0.15, 0.2) is 77.3 Å². The van der Waals surface area contributed by atoms with Gasteiger partial charge in [-0.25, -0.2) is 0 Å². The van der Waals surface area contributed by atoms with E-state index in [1.807, 2.05) is 29.7 Å². The molecule has 1 amide bonds. The number of aromatic nitrogens is 3. The number of anilines is 1. The van der Waals surface area contributed by atoms with E-state index < -0.39 is 0 Å². The molecule has 2 N–H and O–H groups in total. The Morgan fingerprint density at radius 1 is 1.21 bits per heavy atom. The second-order valence-corrected chi connectivity index (χ2v) is 8.55. The molecule has 29 heavy (non-hydrogen) atoms. The summed E-state index contributed by atoms with van der Waals surface area (Å²) in [5.74, 6) is 1.53. The van der Waals surface area contributed by atoms with E-state index in [-0.39, 0.29) is 16.9 Å². The molecule has 1 heterocycles.